The molecule has 0 radical (unpaired) electrons. The van der Waals surface area contributed by atoms with Gasteiger partial charge in [-0.2, -0.15) is 0 Å². The lowest BCUT2D eigenvalue weighted by Crippen LogP contribution is -2.26. The summed E-state index contributed by atoms with van der Waals surface area (Å²) in [5.74, 6) is -1.36. The number of oxime groups is 1. The molecule has 2 aromatic rings. The molecule has 0 fully saturated rings. The second-order valence-corrected chi connectivity index (χ2v) is 5.87. The van der Waals surface area contributed by atoms with Crippen molar-refractivity contribution in [2.24, 2.45) is 5.16 Å². The van der Waals surface area contributed by atoms with Crippen molar-refractivity contribution in [3.05, 3.63) is 58.7 Å². The highest BCUT2D eigenvalue weighted by Gasteiger charge is 2.31. The van der Waals surface area contributed by atoms with Crippen molar-refractivity contribution in [3.8, 4) is 0 Å². The maximum atomic E-state index is 13.3. The molecular weight excluding hydrogens is 327 g/mol. The molecule has 1 atom stereocenters. The van der Waals surface area contributed by atoms with E-state index < -0.39 is 17.9 Å². The van der Waals surface area contributed by atoms with Crippen molar-refractivity contribution in [3.63, 3.8) is 0 Å². The molecule has 0 spiro atoms. The van der Waals surface area contributed by atoms with Crippen molar-refractivity contribution in [2.45, 2.75) is 26.4 Å². The van der Waals surface area contributed by atoms with Crippen LogP contribution in [0.2, 0.25) is 0 Å². The van der Waals surface area contributed by atoms with Crippen LogP contribution in [0.15, 0.2) is 35.5 Å². The van der Waals surface area contributed by atoms with E-state index in [0.717, 1.165) is 11.4 Å². The van der Waals surface area contributed by atoms with Gasteiger partial charge in [-0.3, -0.25) is 4.79 Å². The highest BCUT2D eigenvalue weighted by atomic mass is 19.1. The maximum Gasteiger partial charge on any atom is 0.351 e. The number of halogens is 1. The smallest absolute Gasteiger partial charge is 0.351 e. The van der Waals surface area contributed by atoms with Crippen LogP contribution in [0.1, 0.15) is 33.7 Å². The Balaban J connectivity index is 1.55. The third kappa shape index (κ3) is 3.76. The first-order valence-electron chi connectivity index (χ1n) is 7.78. The summed E-state index contributed by atoms with van der Waals surface area (Å²) >= 11 is 0. The number of carbonyl (C=O) groups excluding carboxylic acids is 2. The zero-order valence-corrected chi connectivity index (χ0v) is 13.8. The number of benzene rings is 1. The molecule has 1 aromatic heterocycles. The number of nitrogens with zero attached hydrogens (tertiary/aromatic N) is 1. The Bertz CT molecular complexity index is 857. The molecule has 0 saturated heterocycles. The summed E-state index contributed by atoms with van der Waals surface area (Å²) < 4.78 is 18.3. The normalized spacial score (nSPS) is 16.3. The van der Waals surface area contributed by atoms with Crippen LogP contribution < -0.4 is 0 Å². The number of aromatic amines is 1. The number of ketones is 1. The highest BCUT2D eigenvalue weighted by molar-refractivity contribution is 6.04. The van der Waals surface area contributed by atoms with Crippen molar-refractivity contribution >= 4 is 17.5 Å². The molecule has 0 amide bonds. The molecule has 1 aliphatic rings. The van der Waals surface area contributed by atoms with Gasteiger partial charge in [-0.15, -0.1) is 0 Å². The van der Waals surface area contributed by atoms with Gasteiger partial charge in [0, 0.05) is 28.9 Å². The molecule has 6 nitrogen and oxygen atoms in total. The van der Waals surface area contributed by atoms with Crippen LogP contribution in [-0.4, -0.2) is 35.2 Å². The molecule has 0 bridgehead atoms. The Morgan fingerprint density at radius 2 is 2.16 bits per heavy atom. The summed E-state index contributed by atoms with van der Waals surface area (Å²) in [6.45, 7) is 3.25. The molecule has 3 rings (SSSR count). The first-order chi connectivity index (χ1) is 11.9. The number of Topliss-reactive ketones (excluding diaryl/α,β-unsaturated/α-hetero) is 1. The third-order valence-electron chi connectivity index (χ3n) is 3.89. The predicted octanol–water partition coefficient (Wildman–Crippen LogP) is 2.69. The molecule has 7 heteroatoms. The Labute approximate surface area is 143 Å². The third-order valence-corrected chi connectivity index (χ3v) is 3.89. The second kappa shape index (κ2) is 6.88. The average molecular weight is 344 g/mol. The van der Waals surface area contributed by atoms with Gasteiger partial charge < -0.3 is 14.6 Å². The van der Waals surface area contributed by atoms with Gasteiger partial charge in [0.25, 0.3) is 0 Å². The SMILES string of the molecule is Cc1cc(C(=O)COC(=O)C2CC(c3cccc(F)c3)=NO2)c(C)[nH]1. The van der Waals surface area contributed by atoms with E-state index in [1.165, 1.54) is 12.1 Å². The number of aromatic nitrogens is 1. The van der Waals surface area contributed by atoms with Crippen LogP contribution in [0, 0.1) is 19.7 Å². The number of ether oxygens (including phenoxy) is 1. The predicted molar refractivity (Wildman–Crippen MR) is 88.0 cm³/mol. The lowest BCUT2D eigenvalue weighted by molar-refractivity contribution is -0.154. The summed E-state index contributed by atoms with van der Waals surface area (Å²) in [4.78, 5) is 32.3. The number of carbonyl (C=O) groups is 2. The van der Waals surface area contributed by atoms with Crippen LogP contribution in [-0.2, 0) is 14.4 Å². The van der Waals surface area contributed by atoms with Crippen molar-refractivity contribution in [1.82, 2.24) is 4.98 Å². The van der Waals surface area contributed by atoms with Gasteiger partial charge in [0.1, 0.15) is 5.82 Å². The van der Waals surface area contributed by atoms with Crippen molar-refractivity contribution in [2.75, 3.05) is 6.61 Å². The molecule has 130 valence electrons. The van der Waals surface area contributed by atoms with Crippen LogP contribution in [0.25, 0.3) is 0 Å². The first kappa shape index (κ1) is 16.9. The molecule has 2 heterocycles. The van der Waals surface area contributed by atoms with E-state index >= 15 is 0 Å². The highest BCUT2D eigenvalue weighted by Crippen LogP contribution is 2.19. The molecule has 0 saturated carbocycles. The minimum absolute atomic E-state index is 0.165. The lowest BCUT2D eigenvalue weighted by atomic mass is 10.1. The van der Waals surface area contributed by atoms with Crippen LogP contribution in [0.5, 0.6) is 0 Å². The quantitative estimate of drug-likeness (QED) is 0.668. The minimum atomic E-state index is -0.930. The van der Waals surface area contributed by atoms with Gasteiger partial charge in [-0.05, 0) is 32.0 Å². The molecule has 25 heavy (non-hydrogen) atoms. The van der Waals surface area contributed by atoms with Crippen molar-refractivity contribution in [1.29, 1.82) is 0 Å². The largest absolute Gasteiger partial charge is 0.454 e. The summed E-state index contributed by atoms with van der Waals surface area (Å²) in [5, 5.41) is 3.81. The summed E-state index contributed by atoms with van der Waals surface area (Å²) in [6.07, 6.45) is -0.765. The number of hydrogen-bond acceptors (Lipinski definition) is 5. The van der Waals surface area contributed by atoms with Gasteiger partial charge in [0.05, 0.1) is 5.71 Å². The maximum absolute atomic E-state index is 13.3. The molecule has 1 N–H and O–H groups in total. The molecule has 1 unspecified atom stereocenters. The second-order valence-electron chi connectivity index (χ2n) is 5.87. The monoisotopic (exact) mass is 344 g/mol. The van der Waals surface area contributed by atoms with E-state index in [1.807, 2.05) is 6.92 Å². The average Bonchev–Trinajstić information content (AvgIpc) is 3.19. The first-order valence-corrected chi connectivity index (χ1v) is 7.78. The van der Waals surface area contributed by atoms with E-state index in [0.29, 0.717) is 16.8 Å². The van der Waals surface area contributed by atoms with Gasteiger partial charge in [0.15, 0.2) is 6.61 Å². The topological polar surface area (TPSA) is 80.8 Å². The van der Waals surface area contributed by atoms with Gasteiger partial charge >= 0.3 is 5.97 Å². The number of H-pyrrole nitrogens is 1. The standard InChI is InChI=1S/C18H17FN2O4/c1-10-6-14(11(2)20-10)16(22)9-24-18(23)17-8-15(21-25-17)12-4-3-5-13(19)7-12/h3-7,17,20H,8-9H2,1-2H3. The molecule has 1 aromatic carbocycles. The number of hydrogen-bond donors (Lipinski definition) is 1. The molecule has 1 aliphatic heterocycles. The van der Waals surface area contributed by atoms with Gasteiger partial charge in [-0.1, -0.05) is 17.3 Å². The van der Waals surface area contributed by atoms with Crippen LogP contribution in [0.4, 0.5) is 4.39 Å². The lowest BCUT2D eigenvalue weighted by Gasteiger charge is -2.08. The zero-order valence-electron chi connectivity index (χ0n) is 13.8. The van der Waals surface area contributed by atoms with E-state index in [4.69, 9.17) is 9.57 Å². The fraction of sp³-hybridized carbons (Fsp3) is 0.278. The summed E-state index contributed by atoms with van der Waals surface area (Å²) in [6, 6.07) is 7.58. The zero-order chi connectivity index (χ0) is 18.0. The molecular formula is C18H17FN2O4. The Kier molecular flexibility index (Phi) is 4.65. The summed E-state index contributed by atoms with van der Waals surface area (Å²) in [7, 11) is 0. The van der Waals surface area contributed by atoms with E-state index in [1.54, 1.807) is 25.1 Å². The Morgan fingerprint density at radius 3 is 2.84 bits per heavy atom. The van der Waals surface area contributed by atoms with Gasteiger partial charge in [0.2, 0.25) is 11.9 Å². The number of nitrogens with one attached hydrogen (secondary N) is 1. The Hall–Kier alpha value is -2.96. The van der Waals surface area contributed by atoms with E-state index in [2.05, 4.69) is 10.1 Å². The fourth-order valence-corrected chi connectivity index (χ4v) is 2.66. The van der Waals surface area contributed by atoms with Crippen LogP contribution >= 0.6 is 0 Å². The van der Waals surface area contributed by atoms with E-state index in [9.17, 15) is 14.0 Å². The van der Waals surface area contributed by atoms with Gasteiger partial charge in [-0.25, -0.2) is 9.18 Å². The van der Waals surface area contributed by atoms with Crippen molar-refractivity contribution < 1.29 is 23.6 Å². The minimum Gasteiger partial charge on any atom is -0.454 e. The molecule has 0 aliphatic carbocycles. The number of aryl methyl sites for hydroxylation is 2. The van der Waals surface area contributed by atoms with E-state index in [-0.39, 0.29) is 18.8 Å². The number of rotatable bonds is 5. The fourth-order valence-electron chi connectivity index (χ4n) is 2.66. The van der Waals surface area contributed by atoms with Crippen LogP contribution in [0.3, 0.4) is 0 Å². The summed E-state index contributed by atoms with van der Waals surface area (Å²) in [5.41, 5.74) is 3.09. The Morgan fingerprint density at radius 1 is 1.36 bits per heavy atom. The number of esters is 1.